The van der Waals surface area contributed by atoms with Crippen LogP contribution in [0.1, 0.15) is 11.1 Å². The van der Waals surface area contributed by atoms with E-state index in [2.05, 4.69) is 9.98 Å². The highest BCUT2D eigenvalue weighted by Gasteiger charge is 2.11. The van der Waals surface area contributed by atoms with E-state index in [0.29, 0.717) is 17.5 Å². The van der Waals surface area contributed by atoms with Gasteiger partial charge in [0, 0.05) is 18.6 Å². The van der Waals surface area contributed by atoms with Gasteiger partial charge in [0.15, 0.2) is 0 Å². The van der Waals surface area contributed by atoms with E-state index in [1.807, 2.05) is 12.1 Å². The summed E-state index contributed by atoms with van der Waals surface area (Å²) in [7, 11) is 0. The molecule has 0 aliphatic rings. The number of rotatable bonds is 3. The third kappa shape index (κ3) is 2.67. The van der Waals surface area contributed by atoms with Crippen molar-refractivity contribution < 1.29 is 9.52 Å². The second-order valence-corrected chi connectivity index (χ2v) is 4.47. The van der Waals surface area contributed by atoms with Crippen molar-refractivity contribution in [2.24, 2.45) is 4.99 Å². The second kappa shape index (κ2) is 5.58. The minimum absolute atomic E-state index is 0.0581. The summed E-state index contributed by atoms with van der Waals surface area (Å²) < 4.78 is 5.16. The van der Waals surface area contributed by atoms with Gasteiger partial charge in [-0.2, -0.15) is 0 Å². The molecule has 3 rings (SSSR count). The fourth-order valence-electron chi connectivity index (χ4n) is 1.99. The third-order valence-corrected chi connectivity index (χ3v) is 3.06. The number of fused-ring (bicyclic) bond motifs is 1. The van der Waals surface area contributed by atoms with Gasteiger partial charge in [-0.1, -0.05) is 12.1 Å². The zero-order valence-electron chi connectivity index (χ0n) is 11.1. The van der Waals surface area contributed by atoms with Crippen molar-refractivity contribution in [2.75, 3.05) is 0 Å². The van der Waals surface area contributed by atoms with Crippen molar-refractivity contribution in [1.82, 2.24) is 4.98 Å². The average molecular weight is 280 g/mol. The van der Waals surface area contributed by atoms with E-state index in [4.69, 9.17) is 4.42 Å². The number of aliphatic imine (C=N–C) groups is 1. The van der Waals surface area contributed by atoms with E-state index < -0.39 is 5.63 Å². The predicted molar refractivity (Wildman–Crippen MR) is 79.7 cm³/mol. The summed E-state index contributed by atoms with van der Waals surface area (Å²) >= 11 is 0. The topological polar surface area (TPSA) is 75.7 Å². The first-order chi connectivity index (χ1) is 10.3. The maximum Gasteiger partial charge on any atom is 0.348 e. The standard InChI is InChI=1S/C16H12N2O3/c19-15-12-3-1-2-4-14(12)21-16(20)13(15)10-18-9-11-5-7-17-8-6-11/h1-8,10,19H,9H2. The summed E-state index contributed by atoms with van der Waals surface area (Å²) in [6.07, 6.45) is 4.69. The van der Waals surface area contributed by atoms with E-state index in [1.165, 1.54) is 6.21 Å². The molecule has 0 spiro atoms. The number of hydrogen-bond donors (Lipinski definition) is 1. The Hall–Kier alpha value is -2.95. The molecule has 21 heavy (non-hydrogen) atoms. The van der Waals surface area contributed by atoms with Gasteiger partial charge in [0.1, 0.15) is 16.9 Å². The van der Waals surface area contributed by atoms with Crippen molar-refractivity contribution >= 4 is 17.2 Å². The predicted octanol–water partition coefficient (Wildman–Crippen LogP) is 2.51. The average Bonchev–Trinajstić information content (AvgIpc) is 2.51. The molecule has 2 aromatic heterocycles. The van der Waals surface area contributed by atoms with Crippen LogP contribution in [0.5, 0.6) is 5.75 Å². The van der Waals surface area contributed by atoms with Crippen LogP contribution in [0.15, 0.2) is 63.0 Å². The summed E-state index contributed by atoms with van der Waals surface area (Å²) in [5.41, 5.74) is 0.768. The number of para-hydroxylation sites is 1. The molecule has 5 heteroatoms. The lowest BCUT2D eigenvalue weighted by Gasteiger charge is -2.02. The Morgan fingerprint density at radius 2 is 1.95 bits per heavy atom. The van der Waals surface area contributed by atoms with Crippen LogP contribution in [0.25, 0.3) is 11.0 Å². The number of benzene rings is 1. The van der Waals surface area contributed by atoms with E-state index in [1.54, 1.807) is 36.7 Å². The van der Waals surface area contributed by atoms with Crippen LogP contribution in [-0.2, 0) is 6.54 Å². The van der Waals surface area contributed by atoms with Crippen LogP contribution in [0.3, 0.4) is 0 Å². The fourth-order valence-corrected chi connectivity index (χ4v) is 1.99. The molecule has 0 saturated carbocycles. The molecule has 1 aromatic carbocycles. The Morgan fingerprint density at radius 3 is 2.76 bits per heavy atom. The number of hydrogen-bond acceptors (Lipinski definition) is 5. The first-order valence-electron chi connectivity index (χ1n) is 6.39. The molecule has 104 valence electrons. The van der Waals surface area contributed by atoms with Gasteiger partial charge >= 0.3 is 5.63 Å². The van der Waals surface area contributed by atoms with Crippen molar-refractivity contribution in [2.45, 2.75) is 6.54 Å². The fraction of sp³-hybridized carbons (Fsp3) is 0.0625. The van der Waals surface area contributed by atoms with Crippen LogP contribution < -0.4 is 5.63 Å². The summed E-state index contributed by atoms with van der Waals surface area (Å²) in [5.74, 6) is -0.111. The molecule has 0 amide bonds. The molecule has 0 unspecified atom stereocenters. The minimum atomic E-state index is -0.607. The lowest BCUT2D eigenvalue weighted by Crippen LogP contribution is -2.07. The Morgan fingerprint density at radius 1 is 1.19 bits per heavy atom. The van der Waals surface area contributed by atoms with E-state index >= 15 is 0 Å². The second-order valence-electron chi connectivity index (χ2n) is 4.47. The van der Waals surface area contributed by atoms with Crippen LogP contribution >= 0.6 is 0 Å². The van der Waals surface area contributed by atoms with Gasteiger partial charge in [0.25, 0.3) is 0 Å². The molecular weight excluding hydrogens is 268 g/mol. The van der Waals surface area contributed by atoms with Gasteiger partial charge in [-0.3, -0.25) is 9.98 Å². The van der Waals surface area contributed by atoms with Crippen LogP contribution in [-0.4, -0.2) is 16.3 Å². The molecule has 5 nitrogen and oxygen atoms in total. The first-order valence-corrected chi connectivity index (χ1v) is 6.39. The molecule has 0 aliphatic carbocycles. The third-order valence-electron chi connectivity index (χ3n) is 3.06. The highest BCUT2D eigenvalue weighted by atomic mass is 16.4. The Labute approximate surface area is 120 Å². The lowest BCUT2D eigenvalue weighted by atomic mass is 10.1. The highest BCUT2D eigenvalue weighted by Crippen LogP contribution is 2.24. The zero-order chi connectivity index (χ0) is 14.7. The molecule has 1 N–H and O–H groups in total. The number of aromatic hydroxyl groups is 1. The SMILES string of the molecule is O=c1oc2ccccc2c(O)c1C=NCc1ccncc1. The van der Waals surface area contributed by atoms with Crippen molar-refractivity contribution in [3.05, 3.63) is 70.3 Å². The molecular formula is C16H12N2O3. The lowest BCUT2D eigenvalue weighted by molar-refractivity contribution is 0.466. The maximum absolute atomic E-state index is 11.9. The maximum atomic E-state index is 11.9. The van der Waals surface area contributed by atoms with Gasteiger partial charge < -0.3 is 9.52 Å². The van der Waals surface area contributed by atoms with Crippen molar-refractivity contribution in [3.63, 3.8) is 0 Å². The number of aromatic nitrogens is 1. The monoisotopic (exact) mass is 280 g/mol. The number of pyridine rings is 1. The first kappa shape index (κ1) is 13.1. The molecule has 2 heterocycles. The largest absolute Gasteiger partial charge is 0.506 e. The molecule has 0 bridgehead atoms. The highest BCUT2D eigenvalue weighted by molar-refractivity contribution is 5.93. The molecule has 0 fully saturated rings. The zero-order valence-corrected chi connectivity index (χ0v) is 11.1. The Kier molecular flexibility index (Phi) is 3.47. The Balaban J connectivity index is 1.95. The molecule has 0 saturated heterocycles. The summed E-state index contributed by atoms with van der Waals surface area (Å²) in [6, 6.07) is 10.5. The van der Waals surface area contributed by atoms with Gasteiger partial charge in [-0.05, 0) is 29.8 Å². The normalized spacial score (nSPS) is 11.2. The quantitative estimate of drug-likeness (QED) is 0.591. The summed E-state index contributed by atoms with van der Waals surface area (Å²) in [4.78, 5) is 20.0. The van der Waals surface area contributed by atoms with Crippen molar-refractivity contribution in [3.8, 4) is 5.75 Å². The van der Waals surface area contributed by atoms with E-state index in [0.717, 1.165) is 5.56 Å². The Bertz CT molecular complexity index is 854. The number of nitrogens with zero attached hydrogens (tertiary/aromatic N) is 2. The summed E-state index contributed by atoms with van der Waals surface area (Å²) in [5, 5.41) is 10.7. The van der Waals surface area contributed by atoms with Gasteiger partial charge in [0.2, 0.25) is 0 Å². The summed E-state index contributed by atoms with van der Waals surface area (Å²) in [6.45, 7) is 0.397. The smallest absolute Gasteiger partial charge is 0.348 e. The molecule has 0 radical (unpaired) electrons. The van der Waals surface area contributed by atoms with Crippen LogP contribution in [0, 0.1) is 0 Å². The van der Waals surface area contributed by atoms with Gasteiger partial charge in [-0.25, -0.2) is 4.79 Å². The van der Waals surface area contributed by atoms with Crippen molar-refractivity contribution in [1.29, 1.82) is 0 Å². The van der Waals surface area contributed by atoms with Gasteiger partial charge in [0.05, 0.1) is 11.9 Å². The van der Waals surface area contributed by atoms with Crippen LogP contribution in [0.2, 0.25) is 0 Å². The van der Waals surface area contributed by atoms with Gasteiger partial charge in [-0.15, -0.1) is 0 Å². The molecule has 0 aliphatic heterocycles. The molecule has 0 atom stereocenters. The molecule has 3 aromatic rings. The van der Waals surface area contributed by atoms with E-state index in [-0.39, 0.29) is 11.3 Å². The van der Waals surface area contributed by atoms with E-state index in [9.17, 15) is 9.90 Å². The minimum Gasteiger partial charge on any atom is -0.506 e. The van der Waals surface area contributed by atoms with Crippen LogP contribution in [0.4, 0.5) is 0 Å².